The van der Waals surface area contributed by atoms with Crippen LogP contribution in [0, 0.1) is 6.92 Å². The zero-order chi connectivity index (χ0) is 20.8. The van der Waals surface area contributed by atoms with Crippen LogP contribution in [0.5, 0.6) is 5.75 Å². The zero-order valence-electron chi connectivity index (χ0n) is 17.2. The second-order valence-electron chi connectivity index (χ2n) is 7.60. The highest BCUT2D eigenvalue weighted by atomic mass is 16.6. The number of hydrogen-bond donors (Lipinski definition) is 0. The van der Waals surface area contributed by atoms with Crippen LogP contribution >= 0.6 is 0 Å². The van der Waals surface area contributed by atoms with Gasteiger partial charge in [-0.05, 0) is 48.4 Å². The van der Waals surface area contributed by atoms with Crippen molar-refractivity contribution in [2.24, 2.45) is 0 Å². The minimum Gasteiger partial charge on any atom is -0.410 e. The van der Waals surface area contributed by atoms with Crippen molar-refractivity contribution in [2.45, 2.75) is 19.9 Å². The summed E-state index contributed by atoms with van der Waals surface area (Å²) in [4.78, 5) is 25.4. The van der Waals surface area contributed by atoms with Gasteiger partial charge in [-0.2, -0.15) is 0 Å². The van der Waals surface area contributed by atoms with Gasteiger partial charge in [0.1, 0.15) is 5.75 Å². The van der Waals surface area contributed by atoms with Gasteiger partial charge in [0.2, 0.25) is 0 Å². The molecule has 0 bridgehead atoms. The molecule has 1 fully saturated rings. The largest absolute Gasteiger partial charge is 0.415 e. The Kier molecular flexibility index (Phi) is 6.35. The number of hydrogen-bond acceptors (Lipinski definition) is 5. The molecule has 0 spiro atoms. The Labute approximate surface area is 177 Å². The molecule has 3 heterocycles. The number of pyridine rings is 2. The highest BCUT2D eigenvalue weighted by Crippen LogP contribution is 2.16. The summed E-state index contributed by atoms with van der Waals surface area (Å²) in [5, 5.41) is 0. The third-order valence-electron chi connectivity index (χ3n) is 5.23. The van der Waals surface area contributed by atoms with Gasteiger partial charge in [-0.15, -0.1) is 0 Å². The summed E-state index contributed by atoms with van der Waals surface area (Å²) < 4.78 is 5.57. The van der Waals surface area contributed by atoms with Gasteiger partial charge in [-0.3, -0.25) is 14.9 Å². The fraction of sp³-hybridized carbons (Fsp3) is 0.292. The average Bonchev–Trinajstić information content (AvgIpc) is 2.78. The molecule has 1 aromatic carbocycles. The molecule has 30 heavy (non-hydrogen) atoms. The smallest absolute Gasteiger partial charge is 0.410 e. The second kappa shape index (κ2) is 9.50. The van der Waals surface area contributed by atoms with Crippen molar-refractivity contribution < 1.29 is 9.53 Å². The predicted octanol–water partition coefficient (Wildman–Crippen LogP) is 3.69. The van der Waals surface area contributed by atoms with Gasteiger partial charge in [0, 0.05) is 57.2 Å². The van der Waals surface area contributed by atoms with Crippen LogP contribution in [0.4, 0.5) is 4.79 Å². The summed E-state index contributed by atoms with van der Waals surface area (Å²) >= 11 is 0. The van der Waals surface area contributed by atoms with Crippen LogP contribution in [0.15, 0.2) is 67.0 Å². The number of amides is 1. The molecule has 6 nitrogen and oxygen atoms in total. The lowest BCUT2D eigenvalue weighted by Gasteiger charge is -2.33. The number of carbonyl (C=O) groups excluding carboxylic acids is 1. The van der Waals surface area contributed by atoms with Gasteiger partial charge in [0.05, 0.1) is 5.69 Å². The zero-order valence-corrected chi connectivity index (χ0v) is 17.2. The summed E-state index contributed by atoms with van der Waals surface area (Å²) in [6, 6.07) is 17.7. The molecule has 1 saturated heterocycles. The number of nitrogens with zero attached hydrogens (tertiary/aromatic N) is 4. The van der Waals surface area contributed by atoms with Crippen molar-refractivity contribution in [1.82, 2.24) is 19.8 Å². The summed E-state index contributed by atoms with van der Waals surface area (Å²) in [5.74, 6) is 0.566. The predicted molar refractivity (Wildman–Crippen MR) is 115 cm³/mol. The quantitative estimate of drug-likeness (QED) is 0.651. The molecule has 0 aliphatic carbocycles. The maximum Gasteiger partial charge on any atom is 0.415 e. The van der Waals surface area contributed by atoms with E-state index < -0.39 is 0 Å². The Morgan fingerprint density at radius 3 is 2.40 bits per heavy atom. The van der Waals surface area contributed by atoms with Crippen molar-refractivity contribution in [3.8, 4) is 5.75 Å². The first kappa shape index (κ1) is 20.0. The normalized spacial score (nSPS) is 14.5. The lowest BCUT2D eigenvalue weighted by molar-refractivity contribution is 0.107. The highest BCUT2D eigenvalue weighted by molar-refractivity contribution is 5.70. The van der Waals surface area contributed by atoms with Crippen molar-refractivity contribution in [2.75, 3.05) is 26.2 Å². The topological polar surface area (TPSA) is 58.6 Å². The summed E-state index contributed by atoms with van der Waals surface area (Å²) in [6.45, 7) is 5.77. The molecule has 2 aromatic heterocycles. The van der Waals surface area contributed by atoms with E-state index in [4.69, 9.17) is 4.74 Å². The summed E-state index contributed by atoms with van der Waals surface area (Å²) in [6.07, 6.45) is 4.15. The number of ether oxygens (including phenoxy) is 1. The molecular weight excluding hydrogens is 376 g/mol. The first-order chi connectivity index (χ1) is 14.7. The molecular formula is C24H26N4O2. The van der Waals surface area contributed by atoms with Gasteiger partial charge in [0.15, 0.2) is 0 Å². The van der Waals surface area contributed by atoms with Crippen LogP contribution in [0.1, 0.15) is 22.5 Å². The molecule has 1 amide bonds. The van der Waals surface area contributed by atoms with Gasteiger partial charge < -0.3 is 9.64 Å². The van der Waals surface area contributed by atoms with Gasteiger partial charge >= 0.3 is 6.09 Å². The molecule has 154 valence electrons. The minimum absolute atomic E-state index is 0.291. The number of aryl methyl sites for hydroxylation is 1. The van der Waals surface area contributed by atoms with E-state index in [1.807, 2.05) is 67.8 Å². The first-order valence-electron chi connectivity index (χ1n) is 10.3. The number of piperazine rings is 1. The molecule has 1 aliphatic heterocycles. The van der Waals surface area contributed by atoms with Gasteiger partial charge in [0.25, 0.3) is 0 Å². The van der Waals surface area contributed by atoms with E-state index in [0.717, 1.165) is 48.6 Å². The van der Waals surface area contributed by atoms with Crippen LogP contribution in [0.3, 0.4) is 0 Å². The molecule has 0 unspecified atom stereocenters. The van der Waals surface area contributed by atoms with Crippen molar-refractivity contribution in [1.29, 1.82) is 0 Å². The third kappa shape index (κ3) is 5.42. The number of benzene rings is 1. The second-order valence-corrected chi connectivity index (χ2v) is 7.60. The van der Waals surface area contributed by atoms with Crippen LogP contribution in [-0.2, 0) is 13.0 Å². The van der Waals surface area contributed by atoms with E-state index in [2.05, 4.69) is 20.9 Å². The van der Waals surface area contributed by atoms with Gasteiger partial charge in [-0.25, -0.2) is 4.79 Å². The molecule has 0 N–H and O–H groups in total. The maximum atomic E-state index is 12.5. The van der Waals surface area contributed by atoms with Crippen LogP contribution < -0.4 is 4.74 Å². The van der Waals surface area contributed by atoms with Crippen molar-refractivity contribution >= 4 is 6.09 Å². The highest BCUT2D eigenvalue weighted by Gasteiger charge is 2.22. The van der Waals surface area contributed by atoms with Crippen molar-refractivity contribution in [3.63, 3.8) is 0 Å². The lowest BCUT2D eigenvalue weighted by atomic mass is 10.1. The Balaban J connectivity index is 1.25. The monoisotopic (exact) mass is 402 g/mol. The fourth-order valence-electron chi connectivity index (χ4n) is 3.46. The first-order valence-corrected chi connectivity index (χ1v) is 10.3. The van der Waals surface area contributed by atoms with Crippen molar-refractivity contribution in [3.05, 3.63) is 89.5 Å². The Morgan fingerprint density at radius 2 is 1.73 bits per heavy atom. The molecule has 0 atom stereocenters. The van der Waals surface area contributed by atoms with Crippen LogP contribution in [0.2, 0.25) is 0 Å². The van der Waals surface area contributed by atoms with E-state index in [-0.39, 0.29) is 6.09 Å². The lowest BCUT2D eigenvalue weighted by Crippen LogP contribution is -2.49. The average molecular weight is 402 g/mol. The summed E-state index contributed by atoms with van der Waals surface area (Å²) in [5.41, 5.74) is 4.36. The summed E-state index contributed by atoms with van der Waals surface area (Å²) in [7, 11) is 0. The SMILES string of the molecule is Cc1ccc(Cc2ccc(OC(=O)N3CCN(Cc4ccccn4)CC3)cc2)nc1. The van der Waals surface area contributed by atoms with E-state index in [1.54, 1.807) is 4.90 Å². The van der Waals surface area contributed by atoms with Crippen LogP contribution in [0.25, 0.3) is 0 Å². The molecule has 0 radical (unpaired) electrons. The fourth-order valence-corrected chi connectivity index (χ4v) is 3.46. The van der Waals surface area contributed by atoms with Gasteiger partial charge in [-0.1, -0.05) is 24.3 Å². The number of aromatic nitrogens is 2. The standard InChI is InChI=1S/C24H26N4O2/c1-19-5-8-21(26-17-19)16-20-6-9-23(10-7-20)30-24(29)28-14-12-27(13-15-28)18-22-4-2-3-11-25-22/h2-11,17H,12-16,18H2,1H3. The Morgan fingerprint density at radius 1 is 0.933 bits per heavy atom. The molecule has 0 saturated carbocycles. The van der Waals surface area contributed by atoms with E-state index >= 15 is 0 Å². The molecule has 1 aliphatic rings. The Hall–Kier alpha value is -3.25. The number of rotatable bonds is 5. The van der Waals surface area contributed by atoms with E-state index in [0.29, 0.717) is 18.8 Å². The minimum atomic E-state index is -0.291. The Bertz CT molecular complexity index is 951. The van der Waals surface area contributed by atoms with E-state index in [9.17, 15) is 4.79 Å². The molecule has 6 heteroatoms. The van der Waals surface area contributed by atoms with Crippen LogP contribution in [-0.4, -0.2) is 52.0 Å². The molecule has 3 aromatic rings. The maximum absolute atomic E-state index is 12.5. The number of carbonyl (C=O) groups is 1. The van der Waals surface area contributed by atoms with E-state index in [1.165, 1.54) is 0 Å². The molecule has 4 rings (SSSR count). The third-order valence-corrected chi connectivity index (χ3v) is 5.23.